The molecule has 0 saturated carbocycles. The van der Waals surface area contributed by atoms with Gasteiger partial charge in [-0.25, -0.2) is 0 Å². The van der Waals surface area contributed by atoms with Crippen molar-refractivity contribution in [2.75, 3.05) is 14.2 Å². The number of hydrogen-bond acceptors (Lipinski definition) is 5. The quantitative estimate of drug-likeness (QED) is 0.800. The standard InChI is InChI=1S/C14H17ClO5/c1-8-19-12(7-13(16)18-3)14(20-8)10-6-9(17-2)4-5-11(10)15/h4-6,8,12,14H,7H2,1-3H3/t8-,12-,14-/m0/s1. The van der Waals surface area contributed by atoms with E-state index in [-0.39, 0.29) is 12.4 Å². The van der Waals surface area contributed by atoms with Gasteiger partial charge >= 0.3 is 5.97 Å². The molecule has 1 fully saturated rings. The predicted molar refractivity (Wildman–Crippen MR) is 72.8 cm³/mol. The molecule has 2 rings (SSSR count). The van der Waals surface area contributed by atoms with Gasteiger partial charge in [-0.15, -0.1) is 0 Å². The van der Waals surface area contributed by atoms with Crippen molar-refractivity contribution in [2.45, 2.75) is 31.8 Å². The topological polar surface area (TPSA) is 54.0 Å². The molecule has 20 heavy (non-hydrogen) atoms. The van der Waals surface area contributed by atoms with E-state index in [9.17, 15) is 4.79 Å². The van der Waals surface area contributed by atoms with Crippen LogP contribution in [0.25, 0.3) is 0 Å². The predicted octanol–water partition coefficient (Wildman–Crippen LogP) is 2.71. The highest BCUT2D eigenvalue weighted by atomic mass is 35.5. The fourth-order valence-electron chi connectivity index (χ4n) is 2.19. The van der Waals surface area contributed by atoms with E-state index in [4.69, 9.17) is 25.8 Å². The highest BCUT2D eigenvalue weighted by Gasteiger charge is 2.38. The number of carbonyl (C=O) groups excluding carboxylic acids is 1. The number of esters is 1. The molecule has 0 N–H and O–H groups in total. The first-order valence-electron chi connectivity index (χ1n) is 6.26. The number of rotatable bonds is 4. The minimum Gasteiger partial charge on any atom is -0.497 e. The Balaban J connectivity index is 2.26. The number of ether oxygens (including phenoxy) is 4. The highest BCUT2D eigenvalue weighted by molar-refractivity contribution is 6.31. The number of halogens is 1. The van der Waals surface area contributed by atoms with Crippen molar-refractivity contribution >= 4 is 17.6 Å². The maximum Gasteiger partial charge on any atom is 0.308 e. The molecule has 6 heteroatoms. The molecule has 1 aromatic carbocycles. The summed E-state index contributed by atoms with van der Waals surface area (Å²) in [5.74, 6) is 0.320. The third kappa shape index (κ3) is 3.23. The second-order valence-corrected chi connectivity index (χ2v) is 4.87. The average Bonchev–Trinajstić information content (AvgIpc) is 2.79. The summed E-state index contributed by atoms with van der Waals surface area (Å²) in [7, 11) is 2.92. The van der Waals surface area contributed by atoms with E-state index in [1.807, 2.05) is 0 Å². The van der Waals surface area contributed by atoms with Gasteiger partial charge in [-0.3, -0.25) is 4.79 Å². The lowest BCUT2D eigenvalue weighted by Crippen LogP contribution is -2.20. The molecule has 0 bridgehead atoms. The Morgan fingerprint density at radius 1 is 1.35 bits per heavy atom. The summed E-state index contributed by atoms with van der Waals surface area (Å²) in [5, 5.41) is 0.545. The van der Waals surface area contributed by atoms with Gasteiger partial charge in [0.25, 0.3) is 0 Å². The Hall–Kier alpha value is -1.30. The Labute approximate surface area is 122 Å². The van der Waals surface area contributed by atoms with Crippen LogP contribution >= 0.6 is 11.6 Å². The fourth-order valence-corrected chi connectivity index (χ4v) is 2.41. The number of benzene rings is 1. The van der Waals surface area contributed by atoms with Gasteiger partial charge in [-0.2, -0.15) is 0 Å². The second-order valence-electron chi connectivity index (χ2n) is 4.47. The smallest absolute Gasteiger partial charge is 0.308 e. The molecule has 1 saturated heterocycles. The lowest BCUT2D eigenvalue weighted by atomic mass is 10.0. The van der Waals surface area contributed by atoms with E-state index < -0.39 is 18.5 Å². The van der Waals surface area contributed by atoms with E-state index in [1.165, 1.54) is 7.11 Å². The molecule has 0 aromatic heterocycles. The van der Waals surface area contributed by atoms with Crippen LogP contribution in [0, 0.1) is 0 Å². The van der Waals surface area contributed by atoms with Crippen molar-refractivity contribution in [1.82, 2.24) is 0 Å². The molecular weight excluding hydrogens is 284 g/mol. The molecule has 110 valence electrons. The van der Waals surface area contributed by atoms with Gasteiger partial charge in [0.15, 0.2) is 6.29 Å². The third-order valence-corrected chi connectivity index (χ3v) is 3.49. The van der Waals surface area contributed by atoms with Crippen LogP contribution in [0.4, 0.5) is 0 Å². The first kappa shape index (κ1) is 15.1. The largest absolute Gasteiger partial charge is 0.497 e. The van der Waals surface area contributed by atoms with E-state index in [1.54, 1.807) is 32.2 Å². The summed E-state index contributed by atoms with van der Waals surface area (Å²) < 4.78 is 21.2. The maximum absolute atomic E-state index is 11.4. The van der Waals surface area contributed by atoms with Crippen molar-refractivity contribution in [1.29, 1.82) is 0 Å². The lowest BCUT2D eigenvalue weighted by molar-refractivity contribution is -0.143. The van der Waals surface area contributed by atoms with Crippen molar-refractivity contribution in [3.63, 3.8) is 0 Å². The molecule has 1 heterocycles. The van der Waals surface area contributed by atoms with Crippen LogP contribution in [0.1, 0.15) is 25.0 Å². The molecule has 1 aliphatic rings. The molecule has 3 atom stereocenters. The number of carbonyl (C=O) groups is 1. The minimum absolute atomic E-state index is 0.110. The zero-order valence-corrected chi connectivity index (χ0v) is 12.3. The molecule has 0 amide bonds. The van der Waals surface area contributed by atoms with Gasteiger partial charge in [-0.05, 0) is 25.1 Å². The Kier molecular flexibility index (Phi) is 4.86. The van der Waals surface area contributed by atoms with Gasteiger partial charge in [0.05, 0.1) is 20.6 Å². The molecule has 1 aromatic rings. The minimum atomic E-state index is -0.429. The molecule has 1 aliphatic heterocycles. The summed E-state index contributed by atoms with van der Waals surface area (Å²) >= 11 is 6.21. The monoisotopic (exact) mass is 300 g/mol. The average molecular weight is 301 g/mol. The summed E-state index contributed by atoms with van der Waals surface area (Å²) in [6.45, 7) is 1.78. The van der Waals surface area contributed by atoms with Crippen molar-refractivity contribution in [3.8, 4) is 5.75 Å². The fraction of sp³-hybridized carbons (Fsp3) is 0.500. The van der Waals surface area contributed by atoms with Crippen LogP contribution in [-0.4, -0.2) is 32.6 Å². The molecule has 0 spiro atoms. The van der Waals surface area contributed by atoms with Gasteiger partial charge in [-0.1, -0.05) is 11.6 Å². The van der Waals surface area contributed by atoms with Gasteiger partial charge < -0.3 is 18.9 Å². The van der Waals surface area contributed by atoms with E-state index in [0.717, 1.165) is 5.56 Å². The Morgan fingerprint density at radius 3 is 2.75 bits per heavy atom. The van der Waals surface area contributed by atoms with Crippen molar-refractivity contribution in [2.24, 2.45) is 0 Å². The maximum atomic E-state index is 11.4. The van der Waals surface area contributed by atoms with E-state index in [2.05, 4.69) is 4.74 Å². The van der Waals surface area contributed by atoms with E-state index in [0.29, 0.717) is 10.8 Å². The molecule has 0 radical (unpaired) electrons. The molecule has 0 unspecified atom stereocenters. The Bertz CT molecular complexity index is 490. The van der Waals surface area contributed by atoms with Crippen molar-refractivity contribution < 1.29 is 23.7 Å². The normalized spacial score (nSPS) is 25.5. The van der Waals surface area contributed by atoms with E-state index >= 15 is 0 Å². The van der Waals surface area contributed by atoms with Crippen LogP contribution in [-0.2, 0) is 19.0 Å². The molecule has 0 aliphatic carbocycles. The molecular formula is C14H17ClO5. The van der Waals surface area contributed by atoms with Gasteiger partial charge in [0, 0.05) is 10.6 Å². The van der Waals surface area contributed by atoms with Crippen LogP contribution in [0.2, 0.25) is 5.02 Å². The van der Waals surface area contributed by atoms with Crippen LogP contribution in [0.5, 0.6) is 5.75 Å². The van der Waals surface area contributed by atoms with Crippen LogP contribution in [0.3, 0.4) is 0 Å². The second kappa shape index (κ2) is 6.43. The lowest BCUT2D eigenvalue weighted by Gasteiger charge is -2.18. The first-order chi connectivity index (χ1) is 9.55. The zero-order chi connectivity index (χ0) is 14.7. The summed E-state index contributed by atoms with van der Waals surface area (Å²) in [6.07, 6.45) is -1.15. The number of hydrogen-bond donors (Lipinski definition) is 0. The van der Waals surface area contributed by atoms with Gasteiger partial charge in [0.1, 0.15) is 18.0 Å². The SMILES string of the molecule is COC(=O)C[C@@H]1O[C@H](C)O[C@H]1c1cc(OC)ccc1Cl. The summed E-state index contributed by atoms with van der Waals surface area (Å²) in [4.78, 5) is 11.4. The first-order valence-corrected chi connectivity index (χ1v) is 6.64. The van der Waals surface area contributed by atoms with Crippen LogP contribution in [0.15, 0.2) is 18.2 Å². The summed E-state index contributed by atoms with van der Waals surface area (Å²) in [6, 6.07) is 5.29. The van der Waals surface area contributed by atoms with Crippen molar-refractivity contribution in [3.05, 3.63) is 28.8 Å². The van der Waals surface area contributed by atoms with Gasteiger partial charge in [0.2, 0.25) is 0 Å². The number of methoxy groups -OCH3 is 2. The summed E-state index contributed by atoms with van der Waals surface area (Å²) in [5.41, 5.74) is 0.740. The Morgan fingerprint density at radius 2 is 2.10 bits per heavy atom. The molecule has 5 nitrogen and oxygen atoms in total. The highest BCUT2D eigenvalue weighted by Crippen LogP contribution is 2.39. The third-order valence-electron chi connectivity index (χ3n) is 3.15. The van der Waals surface area contributed by atoms with Crippen LogP contribution < -0.4 is 4.74 Å². The zero-order valence-electron chi connectivity index (χ0n) is 11.6.